The first kappa shape index (κ1) is 42.1. The van der Waals surface area contributed by atoms with Gasteiger partial charge in [0.2, 0.25) is 0 Å². The van der Waals surface area contributed by atoms with Crippen molar-refractivity contribution in [2.24, 2.45) is 44.3 Å². The zero-order valence-corrected chi connectivity index (χ0v) is 33.7. The van der Waals surface area contributed by atoms with E-state index in [9.17, 15) is 46.0 Å². The van der Waals surface area contributed by atoms with Gasteiger partial charge in [-0.15, -0.1) is 0 Å². The molecule has 7 aliphatic rings. The predicted octanol–water partition coefficient (Wildman–Crippen LogP) is 1.68. The van der Waals surface area contributed by atoms with Crippen LogP contribution in [0.4, 0.5) is 0 Å². The molecule has 2 saturated heterocycles. The Morgan fingerprint density at radius 1 is 0.709 bits per heavy atom. The first-order chi connectivity index (χ1) is 25.7. The average Bonchev–Trinajstić information content (AvgIpc) is 3.12. The summed E-state index contributed by atoms with van der Waals surface area (Å²) in [5.41, 5.74) is 1.03. The molecule has 3 saturated carbocycles. The number of allylic oxidation sites excluding steroid dienone is 3. The summed E-state index contributed by atoms with van der Waals surface area (Å²) in [6.45, 7) is 14.8. The van der Waals surface area contributed by atoms with Gasteiger partial charge in [0.1, 0.15) is 48.8 Å². The maximum absolute atomic E-state index is 12.0. The molecule has 55 heavy (non-hydrogen) atoms. The van der Waals surface area contributed by atoms with Crippen LogP contribution in [0.3, 0.4) is 0 Å². The van der Waals surface area contributed by atoms with Crippen LogP contribution in [0.5, 0.6) is 0 Å². The molecule has 0 aromatic rings. The van der Waals surface area contributed by atoms with E-state index in [1.165, 1.54) is 11.1 Å². The summed E-state index contributed by atoms with van der Waals surface area (Å²) < 4.78 is 24.4. The molecule has 2 heterocycles. The van der Waals surface area contributed by atoms with Crippen molar-refractivity contribution in [2.75, 3.05) is 19.8 Å². The van der Waals surface area contributed by atoms with Crippen molar-refractivity contribution in [3.05, 3.63) is 23.3 Å². The third-order valence-electron chi connectivity index (χ3n) is 16.7. The maximum atomic E-state index is 12.0. The van der Waals surface area contributed by atoms with E-state index in [2.05, 4.69) is 60.6 Å². The summed E-state index contributed by atoms with van der Waals surface area (Å²) >= 11 is 0. The highest BCUT2D eigenvalue weighted by Crippen LogP contribution is 2.74. The van der Waals surface area contributed by atoms with Crippen LogP contribution in [-0.2, 0) is 18.9 Å². The Bertz CT molecular complexity index is 1500. The summed E-state index contributed by atoms with van der Waals surface area (Å²) in [7, 11) is 0. The van der Waals surface area contributed by atoms with E-state index in [0.717, 1.165) is 38.5 Å². The molecular formula is C42H68O13. The minimum absolute atomic E-state index is 0.0450. The molecule has 314 valence electrons. The Kier molecular flexibility index (Phi) is 11.0. The molecule has 5 aliphatic carbocycles. The minimum atomic E-state index is -1.75. The molecule has 13 nitrogen and oxygen atoms in total. The summed E-state index contributed by atoms with van der Waals surface area (Å²) in [6, 6.07) is 0. The van der Waals surface area contributed by atoms with Crippen LogP contribution in [-0.4, -0.2) is 139 Å². The molecule has 2 aliphatic heterocycles. The molecule has 0 unspecified atom stereocenters. The monoisotopic (exact) mass is 780 g/mol. The molecule has 0 amide bonds. The molecular weight excluding hydrogens is 712 g/mol. The van der Waals surface area contributed by atoms with E-state index in [-0.39, 0.29) is 40.1 Å². The highest BCUT2D eigenvalue weighted by Gasteiger charge is 2.68. The topological polar surface area (TPSA) is 219 Å². The number of rotatable bonds is 7. The fourth-order valence-corrected chi connectivity index (χ4v) is 13.1. The Morgan fingerprint density at radius 2 is 1.35 bits per heavy atom. The van der Waals surface area contributed by atoms with Gasteiger partial charge in [-0.2, -0.15) is 0 Å². The summed E-state index contributed by atoms with van der Waals surface area (Å²) in [4.78, 5) is 0. The summed E-state index contributed by atoms with van der Waals surface area (Å²) in [5.74, 6) is 0.387. The SMILES string of the molecule is CC1(C)CC[C@@]2(CO)C(=C3C=C[C@@H]4[C@@]5(C)CC[C@H](O[C@@H]6O[C@H](CO)[C@H](O)[C@H](O)[C@H]6O[C@@H]6O[C@H](CO)[C@@H](O)[C@H](O)[C@H]6O)C(C)(C)[C@@H]5CC[C@@]4(C)[C@]3(C)C[C@@H]2O)C1. The fraction of sp³-hybridized carbons (Fsp3) is 0.905. The number of hydrogen-bond donors (Lipinski definition) is 9. The van der Waals surface area contributed by atoms with E-state index in [1.54, 1.807) is 0 Å². The van der Waals surface area contributed by atoms with Crippen LogP contribution >= 0.6 is 0 Å². The molecule has 0 aromatic heterocycles. The molecule has 0 bridgehead atoms. The molecule has 13 heteroatoms. The van der Waals surface area contributed by atoms with E-state index < -0.39 is 97.7 Å². The maximum Gasteiger partial charge on any atom is 0.187 e. The molecule has 9 N–H and O–H groups in total. The molecule has 18 atom stereocenters. The summed E-state index contributed by atoms with van der Waals surface area (Å²) in [5, 5.41) is 96.2. The van der Waals surface area contributed by atoms with Crippen molar-refractivity contribution in [2.45, 2.75) is 173 Å². The van der Waals surface area contributed by atoms with Crippen molar-refractivity contribution in [1.29, 1.82) is 0 Å². The zero-order chi connectivity index (χ0) is 40.3. The first-order valence-electron chi connectivity index (χ1n) is 20.6. The quantitative estimate of drug-likeness (QED) is 0.168. The van der Waals surface area contributed by atoms with Crippen molar-refractivity contribution >= 4 is 0 Å². The lowest BCUT2D eigenvalue weighted by Crippen LogP contribution is -2.66. The number of fused-ring (bicyclic) bond motifs is 6. The lowest BCUT2D eigenvalue weighted by Gasteiger charge is -2.70. The van der Waals surface area contributed by atoms with Gasteiger partial charge in [-0.1, -0.05) is 66.2 Å². The number of ether oxygens (including phenoxy) is 4. The van der Waals surface area contributed by atoms with E-state index in [0.29, 0.717) is 12.8 Å². The molecule has 5 fully saturated rings. The second-order valence-corrected chi connectivity index (χ2v) is 20.4. The van der Waals surface area contributed by atoms with Gasteiger partial charge < -0.3 is 64.9 Å². The minimum Gasteiger partial charge on any atom is -0.395 e. The third kappa shape index (κ3) is 6.20. The third-order valence-corrected chi connectivity index (χ3v) is 16.7. The number of hydrogen-bond acceptors (Lipinski definition) is 13. The second-order valence-electron chi connectivity index (χ2n) is 20.4. The van der Waals surface area contributed by atoms with Gasteiger partial charge in [-0.3, -0.25) is 0 Å². The van der Waals surface area contributed by atoms with Crippen LogP contribution in [0.2, 0.25) is 0 Å². The lowest BCUT2D eigenvalue weighted by atomic mass is 9.35. The smallest absolute Gasteiger partial charge is 0.187 e. The van der Waals surface area contributed by atoms with Gasteiger partial charge in [0.25, 0.3) is 0 Å². The number of aliphatic hydroxyl groups is 9. The zero-order valence-electron chi connectivity index (χ0n) is 33.7. The highest BCUT2D eigenvalue weighted by atomic mass is 16.8. The Balaban J connectivity index is 1.17. The van der Waals surface area contributed by atoms with Crippen LogP contribution in [0.1, 0.15) is 99.8 Å². The summed E-state index contributed by atoms with van der Waals surface area (Å²) in [6.07, 6.45) is -4.85. The molecule has 7 rings (SSSR count). The van der Waals surface area contributed by atoms with Crippen molar-refractivity contribution in [3.63, 3.8) is 0 Å². The van der Waals surface area contributed by atoms with Crippen LogP contribution in [0, 0.1) is 44.3 Å². The Morgan fingerprint density at radius 3 is 1.98 bits per heavy atom. The standard InChI is InChI=1S/C42H68O13/c1-37(2)14-15-42(20-45)22(16-37)21-8-9-26-39(5)12-11-28(38(3,4)25(39)10-13-40(26,6)41(21,7)17-27(42)46)54-36-34(32(50)30(48)24(19-44)53-36)55-35-33(51)31(49)29(47)23(18-43)52-35/h8-9,23-36,43-51H,10-20H2,1-7H3/t23-,24-,25+,26-,27+,28+,29-,30+,31+,32+,33-,34-,35+,36+,39+,40-,41-,42-/m1/s1. The Hall–Kier alpha value is -1.04. The van der Waals surface area contributed by atoms with E-state index in [1.807, 2.05) is 0 Å². The second kappa shape index (κ2) is 14.3. The van der Waals surface area contributed by atoms with Gasteiger partial charge in [0, 0.05) is 10.8 Å². The van der Waals surface area contributed by atoms with Gasteiger partial charge in [-0.05, 0) is 90.4 Å². The molecule has 0 aromatic carbocycles. The molecule has 0 spiro atoms. The number of aliphatic hydroxyl groups excluding tert-OH is 9. The first-order valence-corrected chi connectivity index (χ1v) is 20.6. The van der Waals surface area contributed by atoms with Crippen molar-refractivity contribution < 1.29 is 64.9 Å². The molecule has 0 radical (unpaired) electrons. The average molecular weight is 781 g/mol. The van der Waals surface area contributed by atoms with Crippen molar-refractivity contribution in [1.82, 2.24) is 0 Å². The normalized spacial score (nSPS) is 53.2. The lowest BCUT2D eigenvalue weighted by molar-refractivity contribution is -0.378. The fourth-order valence-electron chi connectivity index (χ4n) is 13.1. The van der Waals surface area contributed by atoms with Crippen LogP contribution < -0.4 is 0 Å². The van der Waals surface area contributed by atoms with Gasteiger partial charge in [-0.25, -0.2) is 0 Å². The predicted molar refractivity (Wildman–Crippen MR) is 199 cm³/mol. The Labute approximate surface area is 325 Å². The van der Waals surface area contributed by atoms with Crippen LogP contribution in [0.15, 0.2) is 23.3 Å². The van der Waals surface area contributed by atoms with E-state index >= 15 is 0 Å². The van der Waals surface area contributed by atoms with Gasteiger partial charge in [0.05, 0.1) is 32.0 Å². The van der Waals surface area contributed by atoms with E-state index in [4.69, 9.17) is 18.9 Å². The van der Waals surface area contributed by atoms with Gasteiger partial charge in [0.15, 0.2) is 12.6 Å². The highest BCUT2D eigenvalue weighted by molar-refractivity contribution is 5.47. The van der Waals surface area contributed by atoms with Gasteiger partial charge >= 0.3 is 0 Å². The van der Waals surface area contributed by atoms with Crippen LogP contribution in [0.25, 0.3) is 0 Å². The van der Waals surface area contributed by atoms with Crippen molar-refractivity contribution in [3.8, 4) is 0 Å². The largest absolute Gasteiger partial charge is 0.395 e.